The van der Waals surface area contributed by atoms with Gasteiger partial charge in [0.05, 0.1) is 0 Å². The zero-order chi connectivity index (χ0) is 14.1. The second kappa shape index (κ2) is 5.08. The van der Waals surface area contributed by atoms with Crippen LogP contribution in [0.3, 0.4) is 0 Å². The normalized spacial score (nSPS) is 16.6. The molecule has 2 nitrogen and oxygen atoms in total. The van der Waals surface area contributed by atoms with Crippen molar-refractivity contribution < 1.29 is 13.9 Å². The first-order valence-corrected chi connectivity index (χ1v) is 6.69. The van der Waals surface area contributed by atoms with Crippen LogP contribution in [0.15, 0.2) is 42.5 Å². The van der Waals surface area contributed by atoms with E-state index in [0.717, 1.165) is 23.3 Å². The third-order valence-electron chi connectivity index (χ3n) is 3.50. The van der Waals surface area contributed by atoms with E-state index in [2.05, 4.69) is 0 Å². The molecule has 0 aliphatic carbocycles. The lowest BCUT2D eigenvalue weighted by Gasteiger charge is -2.04. The molecule has 0 bridgehead atoms. The highest BCUT2D eigenvalue weighted by Gasteiger charge is 2.20. The molecule has 1 atom stereocenters. The maximum Gasteiger partial charge on any atom is 0.167 e. The number of carbonyl (C=O) groups is 1. The molecule has 1 aliphatic rings. The first kappa shape index (κ1) is 12.9. The van der Waals surface area contributed by atoms with Crippen molar-refractivity contribution in [3.8, 4) is 5.75 Å². The SMILES string of the molecule is CC1Cc2cc(C(=O)Cc3ccc(F)cc3)ccc2O1. The van der Waals surface area contributed by atoms with Crippen LogP contribution in [-0.2, 0) is 12.8 Å². The maximum absolute atomic E-state index is 12.8. The molecule has 0 amide bonds. The van der Waals surface area contributed by atoms with Crippen molar-refractivity contribution in [2.45, 2.75) is 25.9 Å². The zero-order valence-corrected chi connectivity index (χ0v) is 11.2. The number of carbonyl (C=O) groups excluding carboxylic acids is 1. The van der Waals surface area contributed by atoms with E-state index < -0.39 is 0 Å². The van der Waals surface area contributed by atoms with E-state index in [9.17, 15) is 9.18 Å². The molecular formula is C17H15FO2. The number of fused-ring (bicyclic) bond motifs is 1. The Hall–Kier alpha value is -2.16. The average Bonchev–Trinajstić information content (AvgIpc) is 2.80. The van der Waals surface area contributed by atoms with E-state index in [1.165, 1.54) is 12.1 Å². The summed E-state index contributed by atoms with van der Waals surface area (Å²) < 4.78 is 18.5. The molecule has 2 aromatic rings. The third-order valence-corrected chi connectivity index (χ3v) is 3.50. The first-order chi connectivity index (χ1) is 9.61. The van der Waals surface area contributed by atoms with Crippen LogP contribution in [0.25, 0.3) is 0 Å². The Bertz CT molecular complexity index is 647. The van der Waals surface area contributed by atoms with Gasteiger partial charge in [-0.05, 0) is 48.4 Å². The summed E-state index contributed by atoms with van der Waals surface area (Å²) in [6, 6.07) is 11.6. The number of ether oxygens (including phenoxy) is 1. The highest BCUT2D eigenvalue weighted by Crippen LogP contribution is 2.29. The van der Waals surface area contributed by atoms with Gasteiger partial charge in [-0.1, -0.05) is 12.1 Å². The Morgan fingerprint density at radius 2 is 2.00 bits per heavy atom. The van der Waals surface area contributed by atoms with E-state index >= 15 is 0 Å². The topological polar surface area (TPSA) is 26.3 Å². The Morgan fingerprint density at radius 1 is 1.25 bits per heavy atom. The van der Waals surface area contributed by atoms with Crippen LogP contribution in [0.5, 0.6) is 5.75 Å². The summed E-state index contributed by atoms with van der Waals surface area (Å²) in [7, 11) is 0. The number of ketones is 1. The van der Waals surface area contributed by atoms with E-state index in [4.69, 9.17) is 4.74 Å². The summed E-state index contributed by atoms with van der Waals surface area (Å²) in [5.41, 5.74) is 2.59. The van der Waals surface area contributed by atoms with Gasteiger partial charge in [-0.3, -0.25) is 4.79 Å². The van der Waals surface area contributed by atoms with Crippen LogP contribution in [-0.4, -0.2) is 11.9 Å². The highest BCUT2D eigenvalue weighted by molar-refractivity contribution is 5.97. The van der Waals surface area contributed by atoms with Gasteiger partial charge < -0.3 is 4.74 Å². The van der Waals surface area contributed by atoms with E-state index in [-0.39, 0.29) is 24.1 Å². The number of rotatable bonds is 3. The van der Waals surface area contributed by atoms with Crippen LogP contribution >= 0.6 is 0 Å². The molecule has 0 spiro atoms. The largest absolute Gasteiger partial charge is 0.490 e. The fraction of sp³-hybridized carbons (Fsp3) is 0.235. The monoisotopic (exact) mass is 270 g/mol. The second-order valence-corrected chi connectivity index (χ2v) is 5.18. The molecule has 0 saturated carbocycles. The van der Waals surface area contributed by atoms with Crippen LogP contribution in [0, 0.1) is 5.82 Å². The Morgan fingerprint density at radius 3 is 2.75 bits per heavy atom. The quantitative estimate of drug-likeness (QED) is 0.797. The van der Waals surface area contributed by atoms with Crippen LogP contribution in [0.4, 0.5) is 4.39 Å². The lowest BCUT2D eigenvalue weighted by molar-refractivity contribution is 0.0993. The lowest BCUT2D eigenvalue weighted by Crippen LogP contribution is -2.05. The Labute approximate surface area is 117 Å². The predicted octanol–water partition coefficient (Wildman–Crippen LogP) is 3.57. The van der Waals surface area contributed by atoms with E-state index in [1.54, 1.807) is 18.2 Å². The fourth-order valence-corrected chi connectivity index (χ4v) is 2.49. The van der Waals surface area contributed by atoms with Gasteiger partial charge in [0.15, 0.2) is 5.78 Å². The number of Topliss-reactive ketones (excluding diaryl/α,β-unsaturated/α-hetero) is 1. The van der Waals surface area contributed by atoms with Crippen molar-refractivity contribution in [1.29, 1.82) is 0 Å². The molecular weight excluding hydrogens is 255 g/mol. The maximum atomic E-state index is 12.8. The van der Waals surface area contributed by atoms with Gasteiger partial charge in [0.1, 0.15) is 17.7 Å². The van der Waals surface area contributed by atoms with Gasteiger partial charge in [0, 0.05) is 18.4 Å². The van der Waals surface area contributed by atoms with Crippen molar-refractivity contribution in [1.82, 2.24) is 0 Å². The summed E-state index contributed by atoms with van der Waals surface area (Å²) in [5, 5.41) is 0. The molecule has 0 saturated heterocycles. The summed E-state index contributed by atoms with van der Waals surface area (Å²) >= 11 is 0. The van der Waals surface area contributed by atoms with Gasteiger partial charge in [-0.2, -0.15) is 0 Å². The number of hydrogen-bond donors (Lipinski definition) is 0. The van der Waals surface area contributed by atoms with E-state index in [1.807, 2.05) is 19.1 Å². The first-order valence-electron chi connectivity index (χ1n) is 6.69. The van der Waals surface area contributed by atoms with Gasteiger partial charge >= 0.3 is 0 Å². The van der Waals surface area contributed by atoms with Gasteiger partial charge in [0.2, 0.25) is 0 Å². The predicted molar refractivity (Wildman–Crippen MR) is 74.7 cm³/mol. The van der Waals surface area contributed by atoms with Gasteiger partial charge in [-0.25, -0.2) is 4.39 Å². The van der Waals surface area contributed by atoms with Crippen LogP contribution < -0.4 is 4.74 Å². The summed E-state index contributed by atoms with van der Waals surface area (Å²) in [6.07, 6.45) is 1.30. The number of benzene rings is 2. The van der Waals surface area contributed by atoms with Crippen molar-refractivity contribution in [3.05, 3.63) is 65.0 Å². The van der Waals surface area contributed by atoms with Crippen molar-refractivity contribution in [3.63, 3.8) is 0 Å². The van der Waals surface area contributed by atoms with Crippen LogP contribution in [0.1, 0.15) is 28.4 Å². The highest BCUT2D eigenvalue weighted by atomic mass is 19.1. The number of halogens is 1. The van der Waals surface area contributed by atoms with Crippen LogP contribution in [0.2, 0.25) is 0 Å². The van der Waals surface area contributed by atoms with Gasteiger partial charge in [-0.15, -0.1) is 0 Å². The molecule has 3 heteroatoms. The lowest BCUT2D eigenvalue weighted by atomic mass is 10.00. The van der Waals surface area contributed by atoms with Gasteiger partial charge in [0.25, 0.3) is 0 Å². The molecule has 1 heterocycles. The Balaban J connectivity index is 1.78. The van der Waals surface area contributed by atoms with E-state index in [0.29, 0.717) is 5.56 Å². The molecule has 0 fully saturated rings. The summed E-state index contributed by atoms with van der Waals surface area (Å²) in [4.78, 5) is 12.2. The molecule has 2 aromatic carbocycles. The smallest absolute Gasteiger partial charge is 0.167 e. The molecule has 20 heavy (non-hydrogen) atoms. The molecule has 0 radical (unpaired) electrons. The minimum atomic E-state index is -0.287. The standard InChI is InChI=1S/C17H15FO2/c1-11-8-14-10-13(4-7-17(14)20-11)16(19)9-12-2-5-15(18)6-3-12/h2-7,10-11H,8-9H2,1H3. The minimum Gasteiger partial charge on any atom is -0.490 e. The van der Waals surface area contributed by atoms with Crippen molar-refractivity contribution in [2.75, 3.05) is 0 Å². The third kappa shape index (κ3) is 2.57. The molecule has 3 rings (SSSR count). The Kier molecular flexibility index (Phi) is 3.26. The summed E-state index contributed by atoms with van der Waals surface area (Å²) in [6.45, 7) is 2.01. The molecule has 0 aromatic heterocycles. The molecule has 1 unspecified atom stereocenters. The summed E-state index contributed by atoms with van der Waals surface area (Å²) in [5.74, 6) is 0.625. The van der Waals surface area contributed by atoms with Crippen molar-refractivity contribution in [2.24, 2.45) is 0 Å². The number of hydrogen-bond acceptors (Lipinski definition) is 2. The second-order valence-electron chi connectivity index (χ2n) is 5.18. The molecule has 102 valence electrons. The van der Waals surface area contributed by atoms with Crippen molar-refractivity contribution >= 4 is 5.78 Å². The molecule has 0 N–H and O–H groups in total. The molecule has 1 aliphatic heterocycles. The zero-order valence-electron chi connectivity index (χ0n) is 11.2. The average molecular weight is 270 g/mol. The fourth-order valence-electron chi connectivity index (χ4n) is 2.49. The minimum absolute atomic E-state index is 0.0407.